The number of aromatic nitrogens is 6. The molecule has 2 heterocycles. The number of thioether (sulfide) groups is 1. The van der Waals surface area contributed by atoms with Crippen molar-refractivity contribution in [1.82, 2.24) is 35.5 Å². The highest BCUT2D eigenvalue weighted by Gasteiger charge is 2.22. The van der Waals surface area contributed by atoms with Gasteiger partial charge in [0.2, 0.25) is 11.1 Å². The lowest BCUT2D eigenvalue weighted by Crippen LogP contribution is -2.32. The number of anilines is 1. The summed E-state index contributed by atoms with van der Waals surface area (Å²) in [4.78, 5) is 33.0. The normalized spacial score (nSPS) is 12.1. The number of aryl methyl sites for hydroxylation is 1. The van der Waals surface area contributed by atoms with E-state index in [2.05, 4.69) is 36.1 Å². The number of aromatic amines is 1. The molecule has 0 fully saturated rings. The van der Waals surface area contributed by atoms with Crippen molar-refractivity contribution >= 4 is 40.3 Å². The van der Waals surface area contributed by atoms with E-state index in [9.17, 15) is 9.59 Å². The van der Waals surface area contributed by atoms with Crippen LogP contribution in [0, 0.1) is 5.92 Å². The number of hydrogen-bond acceptors (Lipinski definition) is 7. The molecular formula is C22H24N8O2S. The van der Waals surface area contributed by atoms with Gasteiger partial charge in [0.25, 0.3) is 5.91 Å². The van der Waals surface area contributed by atoms with Gasteiger partial charge < -0.3 is 15.6 Å². The van der Waals surface area contributed by atoms with Crippen LogP contribution in [0.3, 0.4) is 0 Å². The van der Waals surface area contributed by atoms with Crippen LogP contribution in [0.25, 0.3) is 11.0 Å². The summed E-state index contributed by atoms with van der Waals surface area (Å²) in [6.07, 6.45) is 0. The molecule has 1 atom stereocenters. The number of para-hydroxylation sites is 2. The molecule has 33 heavy (non-hydrogen) atoms. The molecule has 0 radical (unpaired) electrons. The number of tetrazole rings is 1. The highest BCUT2D eigenvalue weighted by atomic mass is 32.2. The van der Waals surface area contributed by atoms with Crippen LogP contribution in [0.4, 0.5) is 5.69 Å². The molecule has 0 bridgehead atoms. The Morgan fingerprint density at radius 2 is 1.88 bits per heavy atom. The van der Waals surface area contributed by atoms with Crippen molar-refractivity contribution in [2.45, 2.75) is 25.0 Å². The predicted octanol–water partition coefficient (Wildman–Crippen LogP) is 2.94. The molecule has 10 nitrogen and oxygen atoms in total. The van der Waals surface area contributed by atoms with Crippen LogP contribution in [0.2, 0.25) is 0 Å². The average Bonchev–Trinajstić information content (AvgIpc) is 3.41. The Kier molecular flexibility index (Phi) is 6.68. The summed E-state index contributed by atoms with van der Waals surface area (Å²) in [6.45, 7) is 4.07. The number of imidazole rings is 1. The van der Waals surface area contributed by atoms with Crippen molar-refractivity contribution in [3.05, 3.63) is 59.9 Å². The molecule has 3 N–H and O–H groups in total. The standard InChI is InChI=1S/C22H24N8O2S/c1-13(2)19(20-24-16-6-4-5-7-17(16)25-20)26-21(32)14-8-10-15(11-9-14)23-18(31)12-33-22-27-28-29-30(22)3/h4-11,13,19H,12H2,1-3H3,(H,23,31)(H,24,25)(H,26,32). The largest absolute Gasteiger partial charge is 0.342 e. The zero-order valence-electron chi connectivity index (χ0n) is 18.4. The van der Waals surface area contributed by atoms with Gasteiger partial charge in [-0.2, -0.15) is 0 Å². The van der Waals surface area contributed by atoms with E-state index in [1.807, 2.05) is 38.1 Å². The Morgan fingerprint density at radius 3 is 2.55 bits per heavy atom. The minimum atomic E-state index is -0.267. The molecule has 0 spiro atoms. The highest BCUT2D eigenvalue weighted by molar-refractivity contribution is 7.99. The van der Waals surface area contributed by atoms with Gasteiger partial charge in [-0.3, -0.25) is 9.59 Å². The first-order valence-corrected chi connectivity index (χ1v) is 11.4. The summed E-state index contributed by atoms with van der Waals surface area (Å²) in [5, 5.41) is 17.5. The Hall–Kier alpha value is -3.73. The first-order chi connectivity index (χ1) is 15.9. The number of benzene rings is 2. The fraction of sp³-hybridized carbons (Fsp3) is 0.273. The molecule has 170 valence electrons. The predicted molar refractivity (Wildman–Crippen MR) is 126 cm³/mol. The van der Waals surface area contributed by atoms with Gasteiger partial charge >= 0.3 is 0 Å². The highest BCUT2D eigenvalue weighted by Crippen LogP contribution is 2.23. The van der Waals surface area contributed by atoms with Crippen LogP contribution in [-0.2, 0) is 11.8 Å². The maximum absolute atomic E-state index is 12.9. The van der Waals surface area contributed by atoms with Crippen LogP contribution >= 0.6 is 11.8 Å². The molecular weight excluding hydrogens is 440 g/mol. The van der Waals surface area contributed by atoms with Gasteiger partial charge in [-0.1, -0.05) is 37.7 Å². The van der Waals surface area contributed by atoms with Crippen molar-refractivity contribution in [2.75, 3.05) is 11.1 Å². The van der Waals surface area contributed by atoms with E-state index in [1.54, 1.807) is 31.3 Å². The third kappa shape index (κ3) is 5.37. The van der Waals surface area contributed by atoms with E-state index < -0.39 is 0 Å². The topological polar surface area (TPSA) is 130 Å². The van der Waals surface area contributed by atoms with Crippen molar-refractivity contribution < 1.29 is 9.59 Å². The van der Waals surface area contributed by atoms with Crippen LogP contribution in [-0.4, -0.2) is 47.7 Å². The van der Waals surface area contributed by atoms with Gasteiger partial charge in [-0.15, -0.1) is 5.10 Å². The number of amides is 2. The third-order valence-electron chi connectivity index (χ3n) is 5.00. The molecule has 0 saturated carbocycles. The van der Waals surface area contributed by atoms with Gasteiger partial charge in [-0.25, -0.2) is 9.67 Å². The molecule has 0 saturated heterocycles. The molecule has 0 aliphatic rings. The van der Waals surface area contributed by atoms with Gasteiger partial charge in [0.15, 0.2) is 0 Å². The van der Waals surface area contributed by atoms with E-state index in [-0.39, 0.29) is 29.5 Å². The fourth-order valence-corrected chi connectivity index (χ4v) is 3.92. The van der Waals surface area contributed by atoms with E-state index in [4.69, 9.17) is 0 Å². The summed E-state index contributed by atoms with van der Waals surface area (Å²) in [7, 11) is 1.71. The summed E-state index contributed by atoms with van der Waals surface area (Å²) >= 11 is 1.24. The van der Waals surface area contributed by atoms with Crippen LogP contribution < -0.4 is 10.6 Å². The first kappa shape index (κ1) is 22.5. The lowest BCUT2D eigenvalue weighted by atomic mass is 10.0. The van der Waals surface area contributed by atoms with Gasteiger partial charge in [0.05, 0.1) is 22.8 Å². The van der Waals surface area contributed by atoms with Crippen LogP contribution in [0.1, 0.15) is 36.1 Å². The van der Waals surface area contributed by atoms with E-state index >= 15 is 0 Å². The lowest BCUT2D eigenvalue weighted by molar-refractivity contribution is -0.113. The second-order valence-corrected chi connectivity index (χ2v) is 8.78. The molecule has 2 aromatic carbocycles. The average molecular weight is 465 g/mol. The van der Waals surface area contributed by atoms with Gasteiger partial charge in [-0.05, 0) is 52.7 Å². The molecule has 4 aromatic rings. The number of hydrogen-bond donors (Lipinski definition) is 3. The Labute approximate surface area is 194 Å². The molecule has 0 aliphatic heterocycles. The SMILES string of the molecule is CC(C)C(NC(=O)c1ccc(NC(=O)CSc2nnnn2C)cc1)c1nc2ccccc2[nH]1. The number of nitrogens with one attached hydrogen (secondary N) is 3. The summed E-state index contributed by atoms with van der Waals surface area (Å²) in [6, 6.07) is 14.3. The van der Waals surface area contributed by atoms with Gasteiger partial charge in [0.1, 0.15) is 5.82 Å². The summed E-state index contributed by atoms with van der Waals surface area (Å²) in [5.41, 5.74) is 2.89. The Balaban J connectivity index is 1.37. The fourth-order valence-electron chi connectivity index (χ4n) is 3.27. The minimum Gasteiger partial charge on any atom is -0.342 e. The van der Waals surface area contributed by atoms with Crippen LogP contribution in [0.5, 0.6) is 0 Å². The first-order valence-electron chi connectivity index (χ1n) is 10.4. The maximum Gasteiger partial charge on any atom is 0.251 e. The number of rotatable bonds is 8. The summed E-state index contributed by atoms with van der Waals surface area (Å²) < 4.78 is 1.50. The van der Waals surface area contributed by atoms with Crippen molar-refractivity contribution in [3.8, 4) is 0 Å². The second kappa shape index (κ2) is 9.82. The third-order valence-corrected chi connectivity index (χ3v) is 6.01. The lowest BCUT2D eigenvalue weighted by Gasteiger charge is -2.20. The van der Waals surface area contributed by atoms with Gasteiger partial charge in [0, 0.05) is 18.3 Å². The number of fused-ring (bicyclic) bond motifs is 1. The minimum absolute atomic E-state index is 0.134. The Morgan fingerprint density at radius 1 is 1.12 bits per heavy atom. The Bertz CT molecular complexity index is 1230. The van der Waals surface area contributed by atoms with E-state index in [0.29, 0.717) is 16.4 Å². The van der Waals surface area contributed by atoms with Crippen molar-refractivity contribution in [3.63, 3.8) is 0 Å². The monoisotopic (exact) mass is 464 g/mol. The van der Waals surface area contributed by atoms with E-state index in [1.165, 1.54) is 16.4 Å². The number of carbonyl (C=O) groups is 2. The van der Waals surface area contributed by atoms with Crippen molar-refractivity contribution in [2.24, 2.45) is 13.0 Å². The number of nitrogens with zero attached hydrogens (tertiary/aromatic N) is 5. The van der Waals surface area contributed by atoms with Crippen molar-refractivity contribution in [1.29, 1.82) is 0 Å². The zero-order valence-corrected chi connectivity index (χ0v) is 19.3. The quantitative estimate of drug-likeness (QED) is 0.342. The maximum atomic E-state index is 12.9. The van der Waals surface area contributed by atoms with Crippen LogP contribution in [0.15, 0.2) is 53.7 Å². The smallest absolute Gasteiger partial charge is 0.251 e. The molecule has 1 unspecified atom stereocenters. The molecule has 11 heteroatoms. The van der Waals surface area contributed by atoms with E-state index in [0.717, 1.165) is 16.9 Å². The summed E-state index contributed by atoms with van der Waals surface area (Å²) in [5.74, 6) is 0.625. The molecule has 0 aliphatic carbocycles. The molecule has 2 amide bonds. The number of H-pyrrole nitrogens is 1. The second-order valence-electron chi connectivity index (χ2n) is 7.83. The number of carbonyl (C=O) groups excluding carboxylic acids is 2. The zero-order chi connectivity index (χ0) is 23.4. The molecule has 4 rings (SSSR count). The molecule has 2 aromatic heterocycles.